The van der Waals surface area contributed by atoms with Gasteiger partial charge in [-0.25, -0.2) is 13.1 Å². The van der Waals surface area contributed by atoms with E-state index in [1.165, 1.54) is 0 Å². The van der Waals surface area contributed by atoms with E-state index in [1.54, 1.807) is 0 Å². The lowest BCUT2D eigenvalue weighted by molar-refractivity contribution is 0.0981. The lowest BCUT2D eigenvalue weighted by Crippen LogP contribution is -2.39. The van der Waals surface area contributed by atoms with Crippen molar-refractivity contribution in [3.63, 3.8) is 0 Å². The number of ether oxygens (including phenoxy) is 1. The maximum Gasteiger partial charge on any atom is 0.214 e. The Bertz CT molecular complexity index is 234. The molecule has 13 heavy (non-hydrogen) atoms. The summed E-state index contributed by atoms with van der Waals surface area (Å²) in [4.78, 5) is 0. The summed E-state index contributed by atoms with van der Waals surface area (Å²) in [6, 6.07) is 0. The van der Waals surface area contributed by atoms with Gasteiger partial charge in [0.2, 0.25) is 10.0 Å². The Balaban J connectivity index is 2.47. The lowest BCUT2D eigenvalue weighted by atomic mass is 10.2. The normalized spacial score (nSPS) is 20.4. The van der Waals surface area contributed by atoms with E-state index in [4.69, 9.17) is 10.5 Å². The highest BCUT2D eigenvalue weighted by molar-refractivity contribution is 7.90. The molecule has 0 aromatic rings. The second-order valence-electron chi connectivity index (χ2n) is 3.04. The van der Waals surface area contributed by atoms with Crippen molar-refractivity contribution in [1.82, 2.24) is 4.72 Å². The quantitative estimate of drug-likeness (QED) is 0.623. The van der Waals surface area contributed by atoms with Crippen molar-refractivity contribution in [3.8, 4) is 0 Å². The van der Waals surface area contributed by atoms with Gasteiger partial charge in [-0.2, -0.15) is 0 Å². The second-order valence-corrected chi connectivity index (χ2v) is 5.09. The van der Waals surface area contributed by atoms with Crippen LogP contribution in [-0.4, -0.2) is 40.0 Å². The molecular formula is C7H16N2O3S. The van der Waals surface area contributed by atoms with Gasteiger partial charge < -0.3 is 10.5 Å². The molecule has 1 rings (SSSR count). The molecule has 0 aliphatic carbocycles. The van der Waals surface area contributed by atoms with Crippen molar-refractivity contribution in [1.29, 1.82) is 0 Å². The van der Waals surface area contributed by atoms with E-state index in [-0.39, 0.29) is 5.25 Å². The SMILES string of the molecule is NCCNS(=O)(=O)C1CCOCC1. The number of hydrogen-bond donors (Lipinski definition) is 2. The molecule has 0 unspecified atom stereocenters. The smallest absolute Gasteiger partial charge is 0.214 e. The van der Waals surface area contributed by atoms with Crippen LogP contribution in [0.15, 0.2) is 0 Å². The number of hydrogen-bond acceptors (Lipinski definition) is 4. The van der Waals surface area contributed by atoms with Crippen molar-refractivity contribution >= 4 is 10.0 Å². The minimum atomic E-state index is -3.16. The summed E-state index contributed by atoms with van der Waals surface area (Å²) in [5.74, 6) is 0. The fraction of sp³-hybridized carbons (Fsp3) is 1.00. The van der Waals surface area contributed by atoms with E-state index >= 15 is 0 Å². The number of sulfonamides is 1. The van der Waals surface area contributed by atoms with Crippen LogP contribution in [0, 0.1) is 0 Å². The van der Waals surface area contributed by atoms with Gasteiger partial charge in [-0.15, -0.1) is 0 Å². The van der Waals surface area contributed by atoms with Crippen molar-refractivity contribution < 1.29 is 13.2 Å². The first-order valence-corrected chi connectivity index (χ1v) is 5.98. The van der Waals surface area contributed by atoms with Crippen LogP contribution in [0.4, 0.5) is 0 Å². The Morgan fingerprint density at radius 3 is 2.54 bits per heavy atom. The Hall–Kier alpha value is -0.170. The van der Waals surface area contributed by atoms with Crippen LogP contribution in [0.1, 0.15) is 12.8 Å². The molecule has 1 heterocycles. The van der Waals surface area contributed by atoms with Gasteiger partial charge in [0.25, 0.3) is 0 Å². The third kappa shape index (κ3) is 3.22. The highest BCUT2D eigenvalue weighted by Gasteiger charge is 2.26. The predicted octanol–water partition coefficient (Wildman–Crippen LogP) is -0.956. The molecule has 1 fully saturated rings. The van der Waals surface area contributed by atoms with E-state index in [1.807, 2.05) is 0 Å². The molecule has 1 aliphatic heterocycles. The number of nitrogens with one attached hydrogen (secondary N) is 1. The van der Waals surface area contributed by atoms with Crippen LogP contribution < -0.4 is 10.5 Å². The molecule has 3 N–H and O–H groups in total. The molecule has 1 aliphatic rings. The first kappa shape index (κ1) is 10.9. The molecule has 6 heteroatoms. The van der Waals surface area contributed by atoms with Crippen LogP contribution >= 0.6 is 0 Å². The highest BCUT2D eigenvalue weighted by atomic mass is 32.2. The molecule has 5 nitrogen and oxygen atoms in total. The van der Waals surface area contributed by atoms with E-state index in [0.717, 1.165) is 0 Å². The number of nitrogens with two attached hydrogens (primary N) is 1. The topological polar surface area (TPSA) is 81.4 Å². The molecule has 0 aromatic carbocycles. The molecule has 0 atom stereocenters. The van der Waals surface area contributed by atoms with E-state index in [2.05, 4.69) is 4.72 Å². The summed E-state index contributed by atoms with van der Waals surface area (Å²) in [6.45, 7) is 1.73. The second kappa shape index (κ2) is 4.90. The molecule has 0 radical (unpaired) electrons. The molecular weight excluding hydrogens is 192 g/mol. The molecule has 0 aromatic heterocycles. The van der Waals surface area contributed by atoms with Gasteiger partial charge in [0, 0.05) is 26.3 Å². The summed E-state index contributed by atoms with van der Waals surface area (Å²) >= 11 is 0. The molecule has 78 valence electrons. The maximum absolute atomic E-state index is 11.5. The van der Waals surface area contributed by atoms with Gasteiger partial charge in [0.15, 0.2) is 0 Å². The Kier molecular flexibility index (Phi) is 4.11. The largest absolute Gasteiger partial charge is 0.381 e. The molecule has 1 saturated heterocycles. The first-order valence-electron chi connectivity index (χ1n) is 4.43. The molecule has 0 spiro atoms. The Labute approximate surface area is 78.7 Å². The van der Waals surface area contributed by atoms with Crippen molar-refractivity contribution in [3.05, 3.63) is 0 Å². The zero-order valence-corrected chi connectivity index (χ0v) is 8.35. The predicted molar refractivity (Wildman–Crippen MR) is 49.8 cm³/mol. The lowest BCUT2D eigenvalue weighted by Gasteiger charge is -2.22. The van der Waals surface area contributed by atoms with Crippen LogP contribution in [0.5, 0.6) is 0 Å². The monoisotopic (exact) mass is 208 g/mol. The molecule has 0 saturated carbocycles. The minimum absolute atomic E-state index is 0.298. The third-order valence-electron chi connectivity index (χ3n) is 2.05. The fourth-order valence-corrected chi connectivity index (χ4v) is 2.76. The highest BCUT2D eigenvalue weighted by Crippen LogP contribution is 2.14. The summed E-state index contributed by atoms with van der Waals surface area (Å²) in [5.41, 5.74) is 5.21. The summed E-state index contributed by atoms with van der Waals surface area (Å²) < 4.78 is 30.6. The minimum Gasteiger partial charge on any atom is -0.381 e. The zero-order chi connectivity index (χ0) is 9.73. The van der Waals surface area contributed by atoms with Crippen molar-refractivity contribution in [2.75, 3.05) is 26.3 Å². The molecule has 0 amide bonds. The van der Waals surface area contributed by atoms with Gasteiger partial charge in [-0.3, -0.25) is 0 Å². The standard InChI is InChI=1S/C7H16N2O3S/c8-3-4-9-13(10,11)7-1-5-12-6-2-7/h7,9H,1-6,8H2. The number of rotatable bonds is 4. The van der Waals surface area contributed by atoms with Gasteiger partial charge in [0.05, 0.1) is 5.25 Å². The fourth-order valence-electron chi connectivity index (χ4n) is 1.31. The van der Waals surface area contributed by atoms with Gasteiger partial charge in [-0.1, -0.05) is 0 Å². The molecule has 0 bridgehead atoms. The maximum atomic E-state index is 11.5. The van der Waals surface area contributed by atoms with Crippen LogP contribution in [0.25, 0.3) is 0 Å². The summed E-state index contributed by atoms with van der Waals surface area (Å²) in [5, 5.41) is -0.298. The Morgan fingerprint density at radius 2 is 2.00 bits per heavy atom. The summed E-state index contributed by atoms with van der Waals surface area (Å²) in [6.07, 6.45) is 1.17. The van der Waals surface area contributed by atoms with E-state index in [9.17, 15) is 8.42 Å². The van der Waals surface area contributed by atoms with Crippen LogP contribution in [0.2, 0.25) is 0 Å². The average molecular weight is 208 g/mol. The van der Waals surface area contributed by atoms with Gasteiger partial charge in [-0.05, 0) is 12.8 Å². The van der Waals surface area contributed by atoms with Crippen molar-refractivity contribution in [2.24, 2.45) is 5.73 Å². The van der Waals surface area contributed by atoms with Crippen LogP contribution in [-0.2, 0) is 14.8 Å². The first-order chi connectivity index (χ1) is 6.17. The third-order valence-corrected chi connectivity index (χ3v) is 4.01. The van der Waals surface area contributed by atoms with E-state index < -0.39 is 10.0 Å². The van der Waals surface area contributed by atoms with Crippen molar-refractivity contribution in [2.45, 2.75) is 18.1 Å². The van der Waals surface area contributed by atoms with Crippen LogP contribution in [0.3, 0.4) is 0 Å². The summed E-state index contributed by atoms with van der Waals surface area (Å²) in [7, 11) is -3.16. The average Bonchev–Trinajstić information content (AvgIpc) is 2.16. The van der Waals surface area contributed by atoms with E-state index in [0.29, 0.717) is 39.1 Å². The zero-order valence-electron chi connectivity index (χ0n) is 7.53. The Morgan fingerprint density at radius 1 is 1.38 bits per heavy atom. The van der Waals surface area contributed by atoms with Gasteiger partial charge in [0.1, 0.15) is 0 Å². The van der Waals surface area contributed by atoms with Gasteiger partial charge >= 0.3 is 0 Å².